The first-order chi connectivity index (χ1) is 9.56. The predicted molar refractivity (Wildman–Crippen MR) is 77.2 cm³/mol. The molecule has 5 heteroatoms. The second-order valence-electron chi connectivity index (χ2n) is 4.07. The zero-order valence-electron chi connectivity index (χ0n) is 10.7. The van der Waals surface area contributed by atoms with Crippen molar-refractivity contribution in [1.29, 1.82) is 0 Å². The lowest BCUT2D eigenvalue weighted by molar-refractivity contribution is -0.114. The predicted octanol–water partition coefficient (Wildman–Crippen LogP) is 3.52. The molecule has 1 N–H and O–H groups in total. The second kappa shape index (κ2) is 6.21. The van der Waals surface area contributed by atoms with Gasteiger partial charge < -0.3 is 10.1 Å². The Morgan fingerprint density at radius 2 is 1.70 bits per heavy atom. The SMILES string of the molecule is CC(=O)Nc1ccccc1C(=O)Oc1ccc(Cl)cc1. The molecule has 0 atom stereocenters. The molecule has 0 fully saturated rings. The quantitative estimate of drug-likeness (QED) is 0.695. The summed E-state index contributed by atoms with van der Waals surface area (Å²) < 4.78 is 5.23. The van der Waals surface area contributed by atoms with Gasteiger partial charge in [0.25, 0.3) is 0 Å². The van der Waals surface area contributed by atoms with Gasteiger partial charge in [0.1, 0.15) is 5.75 Å². The molecular weight excluding hydrogens is 278 g/mol. The zero-order valence-corrected chi connectivity index (χ0v) is 11.5. The van der Waals surface area contributed by atoms with Crippen LogP contribution in [0.5, 0.6) is 5.75 Å². The third kappa shape index (κ3) is 3.59. The highest BCUT2D eigenvalue weighted by atomic mass is 35.5. The fraction of sp³-hybridized carbons (Fsp3) is 0.0667. The van der Waals surface area contributed by atoms with E-state index in [4.69, 9.17) is 16.3 Å². The molecule has 0 radical (unpaired) electrons. The maximum Gasteiger partial charge on any atom is 0.345 e. The highest BCUT2D eigenvalue weighted by molar-refractivity contribution is 6.30. The summed E-state index contributed by atoms with van der Waals surface area (Å²) in [5.74, 6) is -0.412. The number of nitrogens with one attached hydrogen (secondary N) is 1. The average molecular weight is 290 g/mol. The Morgan fingerprint density at radius 3 is 2.35 bits per heavy atom. The zero-order chi connectivity index (χ0) is 14.5. The van der Waals surface area contributed by atoms with E-state index in [1.54, 1.807) is 48.5 Å². The molecule has 0 bridgehead atoms. The highest BCUT2D eigenvalue weighted by Gasteiger charge is 2.14. The normalized spacial score (nSPS) is 9.90. The molecule has 1 amide bonds. The maximum absolute atomic E-state index is 12.1. The Morgan fingerprint density at radius 1 is 1.05 bits per heavy atom. The van der Waals surface area contributed by atoms with Gasteiger partial charge in [-0.05, 0) is 36.4 Å². The Hall–Kier alpha value is -2.33. The summed E-state index contributed by atoms with van der Waals surface area (Å²) in [7, 11) is 0. The summed E-state index contributed by atoms with van der Waals surface area (Å²) in [5, 5.41) is 3.15. The molecule has 0 aliphatic rings. The van der Waals surface area contributed by atoms with E-state index in [2.05, 4.69) is 5.32 Å². The minimum Gasteiger partial charge on any atom is -0.423 e. The van der Waals surface area contributed by atoms with Crippen molar-refractivity contribution in [3.8, 4) is 5.75 Å². The number of rotatable bonds is 3. The summed E-state index contributed by atoms with van der Waals surface area (Å²) in [6.45, 7) is 1.38. The van der Waals surface area contributed by atoms with Gasteiger partial charge in [0, 0.05) is 11.9 Å². The average Bonchev–Trinajstić information content (AvgIpc) is 2.41. The van der Waals surface area contributed by atoms with Crippen molar-refractivity contribution in [3.63, 3.8) is 0 Å². The number of carbonyl (C=O) groups is 2. The molecule has 2 aromatic rings. The molecule has 102 valence electrons. The van der Waals surface area contributed by atoms with Crippen LogP contribution < -0.4 is 10.1 Å². The number of hydrogen-bond donors (Lipinski definition) is 1. The molecule has 2 rings (SSSR count). The Labute approximate surface area is 121 Å². The molecular formula is C15H12ClNO3. The molecule has 0 spiro atoms. The minimum atomic E-state index is -0.545. The van der Waals surface area contributed by atoms with E-state index in [0.29, 0.717) is 16.5 Å². The number of benzene rings is 2. The van der Waals surface area contributed by atoms with Crippen molar-refractivity contribution in [3.05, 3.63) is 59.1 Å². The molecule has 2 aromatic carbocycles. The maximum atomic E-state index is 12.1. The van der Waals surface area contributed by atoms with E-state index in [9.17, 15) is 9.59 Å². The molecule has 4 nitrogen and oxygen atoms in total. The van der Waals surface area contributed by atoms with Gasteiger partial charge in [0.05, 0.1) is 11.3 Å². The van der Waals surface area contributed by atoms with Gasteiger partial charge in [-0.1, -0.05) is 23.7 Å². The van der Waals surface area contributed by atoms with Crippen molar-refractivity contribution in [1.82, 2.24) is 0 Å². The van der Waals surface area contributed by atoms with E-state index < -0.39 is 5.97 Å². The van der Waals surface area contributed by atoms with E-state index in [1.165, 1.54) is 6.92 Å². The lowest BCUT2D eigenvalue weighted by atomic mass is 10.2. The van der Waals surface area contributed by atoms with Crippen molar-refractivity contribution in [2.75, 3.05) is 5.32 Å². The fourth-order valence-electron chi connectivity index (χ4n) is 1.62. The van der Waals surface area contributed by atoms with Gasteiger partial charge >= 0.3 is 5.97 Å². The van der Waals surface area contributed by atoms with E-state index in [0.717, 1.165) is 0 Å². The van der Waals surface area contributed by atoms with E-state index >= 15 is 0 Å². The molecule has 0 saturated heterocycles. The van der Waals surface area contributed by atoms with Gasteiger partial charge in [0.2, 0.25) is 5.91 Å². The molecule has 0 aromatic heterocycles. The van der Waals surface area contributed by atoms with Gasteiger partial charge in [-0.25, -0.2) is 4.79 Å². The molecule has 0 unspecified atom stereocenters. The van der Waals surface area contributed by atoms with Crippen LogP contribution >= 0.6 is 11.6 Å². The summed E-state index contributed by atoms with van der Waals surface area (Å²) in [6.07, 6.45) is 0. The molecule has 0 saturated carbocycles. The fourth-order valence-corrected chi connectivity index (χ4v) is 1.75. The molecule has 0 heterocycles. The van der Waals surface area contributed by atoms with Gasteiger partial charge in [-0.15, -0.1) is 0 Å². The van der Waals surface area contributed by atoms with E-state index in [1.807, 2.05) is 0 Å². The Balaban J connectivity index is 2.20. The monoisotopic (exact) mass is 289 g/mol. The summed E-state index contributed by atoms with van der Waals surface area (Å²) >= 11 is 5.76. The van der Waals surface area contributed by atoms with Crippen LogP contribution in [0.25, 0.3) is 0 Å². The van der Waals surface area contributed by atoms with Crippen LogP contribution in [0.15, 0.2) is 48.5 Å². The van der Waals surface area contributed by atoms with Crippen molar-refractivity contribution < 1.29 is 14.3 Å². The van der Waals surface area contributed by atoms with Crippen LogP contribution in [0.2, 0.25) is 5.02 Å². The van der Waals surface area contributed by atoms with Crippen molar-refractivity contribution in [2.24, 2.45) is 0 Å². The number of para-hydroxylation sites is 1. The molecule has 0 aliphatic heterocycles. The lowest BCUT2D eigenvalue weighted by Gasteiger charge is -2.09. The number of halogens is 1. The number of ether oxygens (including phenoxy) is 1. The summed E-state index contributed by atoms with van der Waals surface area (Å²) in [4.78, 5) is 23.2. The number of esters is 1. The van der Waals surface area contributed by atoms with Crippen LogP contribution in [0, 0.1) is 0 Å². The number of carbonyl (C=O) groups excluding carboxylic acids is 2. The van der Waals surface area contributed by atoms with Crippen LogP contribution in [0.3, 0.4) is 0 Å². The summed E-state index contributed by atoms with van der Waals surface area (Å²) in [5.41, 5.74) is 0.705. The van der Waals surface area contributed by atoms with Crippen LogP contribution in [0.1, 0.15) is 17.3 Å². The topological polar surface area (TPSA) is 55.4 Å². The van der Waals surface area contributed by atoms with Gasteiger partial charge in [-0.2, -0.15) is 0 Å². The van der Waals surface area contributed by atoms with Gasteiger partial charge in [0.15, 0.2) is 0 Å². The molecule has 0 aliphatic carbocycles. The van der Waals surface area contributed by atoms with E-state index in [-0.39, 0.29) is 11.5 Å². The number of anilines is 1. The lowest BCUT2D eigenvalue weighted by Crippen LogP contribution is -2.14. The Kier molecular flexibility index (Phi) is 4.38. The van der Waals surface area contributed by atoms with Crippen molar-refractivity contribution in [2.45, 2.75) is 6.92 Å². The highest BCUT2D eigenvalue weighted by Crippen LogP contribution is 2.20. The first kappa shape index (κ1) is 14.1. The minimum absolute atomic E-state index is 0.253. The number of hydrogen-bond acceptors (Lipinski definition) is 3. The van der Waals surface area contributed by atoms with Crippen LogP contribution in [0.4, 0.5) is 5.69 Å². The number of amides is 1. The van der Waals surface area contributed by atoms with Crippen molar-refractivity contribution >= 4 is 29.2 Å². The Bertz CT molecular complexity index is 638. The first-order valence-corrected chi connectivity index (χ1v) is 6.28. The van der Waals surface area contributed by atoms with Crippen LogP contribution in [-0.4, -0.2) is 11.9 Å². The first-order valence-electron chi connectivity index (χ1n) is 5.90. The molecule has 20 heavy (non-hydrogen) atoms. The largest absolute Gasteiger partial charge is 0.423 e. The summed E-state index contributed by atoms with van der Waals surface area (Å²) in [6, 6.07) is 13.1. The van der Waals surface area contributed by atoms with Crippen LogP contribution in [-0.2, 0) is 4.79 Å². The third-order valence-electron chi connectivity index (χ3n) is 2.48. The smallest absolute Gasteiger partial charge is 0.345 e. The second-order valence-corrected chi connectivity index (χ2v) is 4.51. The van der Waals surface area contributed by atoms with Gasteiger partial charge in [-0.3, -0.25) is 4.79 Å². The third-order valence-corrected chi connectivity index (χ3v) is 2.73. The standard InChI is InChI=1S/C15H12ClNO3/c1-10(18)17-14-5-3-2-4-13(14)15(19)20-12-8-6-11(16)7-9-12/h2-9H,1H3,(H,17,18).